The van der Waals surface area contributed by atoms with E-state index in [1.165, 1.54) is 4.31 Å². The fraction of sp³-hybridized carbons (Fsp3) is 0.462. The van der Waals surface area contributed by atoms with E-state index in [4.69, 9.17) is 4.74 Å². The fourth-order valence-corrected chi connectivity index (χ4v) is 3.36. The van der Waals surface area contributed by atoms with Crippen molar-refractivity contribution in [3.63, 3.8) is 0 Å². The van der Waals surface area contributed by atoms with E-state index in [1.54, 1.807) is 0 Å². The molecule has 0 bridgehead atoms. The Kier molecular flexibility index (Phi) is 5.60. The lowest BCUT2D eigenvalue weighted by molar-refractivity contribution is 0.0730. The molecule has 1 aliphatic rings. The molecule has 1 saturated heterocycles. The van der Waals surface area contributed by atoms with Crippen LogP contribution in [0.3, 0.4) is 0 Å². The number of carbonyl (C=O) groups excluding carboxylic acids is 1. The van der Waals surface area contributed by atoms with Crippen molar-refractivity contribution in [2.45, 2.75) is 0 Å². The Morgan fingerprint density at radius 1 is 1.17 bits per heavy atom. The zero-order chi connectivity index (χ0) is 17.0. The number of carbonyl (C=O) groups is 1. The number of ether oxygens (including phenoxy) is 1. The van der Waals surface area contributed by atoms with Crippen LogP contribution in [0.15, 0.2) is 12.1 Å². The molecule has 0 atom stereocenters. The number of amides is 1. The number of sulfonamides is 1. The Morgan fingerprint density at radius 2 is 1.74 bits per heavy atom. The number of nitrogens with one attached hydrogen (secondary N) is 1. The van der Waals surface area contributed by atoms with Crippen LogP contribution < -0.4 is 5.32 Å². The lowest BCUT2D eigenvalue weighted by Gasteiger charge is -2.26. The third kappa shape index (κ3) is 4.43. The van der Waals surface area contributed by atoms with Crippen LogP contribution in [0.4, 0.5) is 13.2 Å². The number of hydrogen-bond donors (Lipinski definition) is 1. The van der Waals surface area contributed by atoms with Crippen LogP contribution in [-0.2, 0) is 14.8 Å². The monoisotopic (exact) mass is 352 g/mol. The molecule has 1 aliphatic heterocycles. The molecule has 0 saturated carbocycles. The highest BCUT2D eigenvalue weighted by Gasteiger charge is 2.24. The van der Waals surface area contributed by atoms with Gasteiger partial charge >= 0.3 is 0 Å². The van der Waals surface area contributed by atoms with Crippen molar-refractivity contribution >= 4 is 15.9 Å². The summed E-state index contributed by atoms with van der Waals surface area (Å²) in [5, 5.41) is 2.24. The smallest absolute Gasteiger partial charge is 0.251 e. The summed E-state index contributed by atoms with van der Waals surface area (Å²) in [4.78, 5) is 11.7. The maximum absolute atomic E-state index is 13.0. The largest absolute Gasteiger partial charge is 0.379 e. The van der Waals surface area contributed by atoms with Crippen molar-refractivity contribution in [3.05, 3.63) is 35.1 Å². The predicted molar refractivity (Wildman–Crippen MR) is 74.8 cm³/mol. The summed E-state index contributed by atoms with van der Waals surface area (Å²) in [6.07, 6.45) is 0. The van der Waals surface area contributed by atoms with Gasteiger partial charge in [-0.3, -0.25) is 4.79 Å². The van der Waals surface area contributed by atoms with Gasteiger partial charge in [-0.2, -0.15) is 4.31 Å². The van der Waals surface area contributed by atoms with Crippen LogP contribution in [-0.4, -0.2) is 57.2 Å². The number of hydrogen-bond acceptors (Lipinski definition) is 4. The zero-order valence-electron chi connectivity index (χ0n) is 12.0. The topological polar surface area (TPSA) is 75.7 Å². The van der Waals surface area contributed by atoms with E-state index in [0.717, 1.165) is 0 Å². The van der Waals surface area contributed by atoms with Crippen LogP contribution in [0.1, 0.15) is 10.4 Å². The Hall–Kier alpha value is -1.65. The first kappa shape index (κ1) is 17.7. The first-order valence-corrected chi connectivity index (χ1v) is 8.40. The third-order valence-corrected chi connectivity index (χ3v) is 5.13. The van der Waals surface area contributed by atoms with Crippen LogP contribution in [0, 0.1) is 17.5 Å². The first-order chi connectivity index (χ1) is 10.8. The Labute approximate surface area is 131 Å². The lowest BCUT2D eigenvalue weighted by atomic mass is 10.2. The van der Waals surface area contributed by atoms with Gasteiger partial charge in [0.15, 0.2) is 17.5 Å². The van der Waals surface area contributed by atoms with E-state index in [-0.39, 0.29) is 25.4 Å². The predicted octanol–water partition coefficient (Wildman–Crippen LogP) is 0.496. The molecule has 0 spiro atoms. The van der Waals surface area contributed by atoms with Gasteiger partial charge < -0.3 is 10.1 Å². The van der Waals surface area contributed by atoms with Gasteiger partial charge in [-0.1, -0.05) is 0 Å². The molecule has 1 fully saturated rings. The molecule has 1 aromatic rings. The lowest BCUT2D eigenvalue weighted by Crippen LogP contribution is -2.43. The van der Waals surface area contributed by atoms with Crippen molar-refractivity contribution in [2.75, 3.05) is 38.6 Å². The normalized spacial score (nSPS) is 16.3. The standard InChI is InChI=1S/C13H15F3N2O4S/c14-10-7-9(8-11(15)12(10)16)13(19)17-1-6-23(20,21)18-2-4-22-5-3-18/h7-8H,1-6H2,(H,17,19). The van der Waals surface area contributed by atoms with Crippen LogP contribution in [0.25, 0.3) is 0 Å². The van der Waals surface area contributed by atoms with Crippen molar-refractivity contribution < 1.29 is 31.1 Å². The molecule has 0 unspecified atom stereocenters. The van der Waals surface area contributed by atoms with Gasteiger partial charge in [-0.05, 0) is 12.1 Å². The molecule has 1 amide bonds. The number of rotatable bonds is 5. The molecule has 23 heavy (non-hydrogen) atoms. The van der Waals surface area contributed by atoms with E-state index < -0.39 is 38.9 Å². The first-order valence-electron chi connectivity index (χ1n) is 6.79. The quantitative estimate of drug-likeness (QED) is 0.783. The summed E-state index contributed by atoms with van der Waals surface area (Å²) in [5.41, 5.74) is -0.426. The highest BCUT2D eigenvalue weighted by molar-refractivity contribution is 7.89. The number of benzene rings is 1. The summed E-state index contributed by atoms with van der Waals surface area (Å²) in [6, 6.07) is 1.09. The van der Waals surface area contributed by atoms with E-state index >= 15 is 0 Å². The molecule has 0 aromatic heterocycles. The highest BCUT2D eigenvalue weighted by Crippen LogP contribution is 2.13. The highest BCUT2D eigenvalue weighted by atomic mass is 32.2. The molecule has 10 heteroatoms. The van der Waals surface area contributed by atoms with Crippen molar-refractivity contribution in [3.8, 4) is 0 Å². The van der Waals surface area contributed by atoms with Gasteiger partial charge in [0.1, 0.15) is 0 Å². The maximum atomic E-state index is 13.0. The third-order valence-electron chi connectivity index (χ3n) is 3.26. The minimum Gasteiger partial charge on any atom is -0.379 e. The van der Waals surface area contributed by atoms with Gasteiger partial charge in [0.25, 0.3) is 5.91 Å². The molecule has 0 radical (unpaired) electrons. The summed E-state index contributed by atoms with van der Waals surface area (Å²) in [6.45, 7) is 0.855. The van der Waals surface area contributed by atoms with Crippen LogP contribution in [0.2, 0.25) is 0 Å². The minimum atomic E-state index is -3.55. The van der Waals surface area contributed by atoms with E-state index in [2.05, 4.69) is 5.32 Å². The van der Waals surface area contributed by atoms with Gasteiger partial charge in [-0.25, -0.2) is 21.6 Å². The molecule has 128 valence electrons. The molecule has 0 aliphatic carbocycles. The molecule has 6 nitrogen and oxygen atoms in total. The summed E-state index contributed by atoms with van der Waals surface area (Å²) >= 11 is 0. The minimum absolute atomic E-state index is 0.237. The molecular weight excluding hydrogens is 337 g/mol. The number of halogens is 3. The fourth-order valence-electron chi connectivity index (χ4n) is 2.04. The zero-order valence-corrected chi connectivity index (χ0v) is 12.8. The second-order valence-corrected chi connectivity index (χ2v) is 6.93. The summed E-state index contributed by atoms with van der Waals surface area (Å²) in [5.74, 6) is -5.89. The van der Waals surface area contributed by atoms with E-state index in [0.29, 0.717) is 25.3 Å². The van der Waals surface area contributed by atoms with Gasteiger partial charge in [0, 0.05) is 25.2 Å². The van der Waals surface area contributed by atoms with Gasteiger partial charge in [0.2, 0.25) is 10.0 Å². The van der Waals surface area contributed by atoms with Gasteiger partial charge in [-0.15, -0.1) is 0 Å². The number of morpholine rings is 1. The Balaban J connectivity index is 1.92. The Morgan fingerprint density at radius 3 is 2.30 bits per heavy atom. The second-order valence-electron chi connectivity index (χ2n) is 4.84. The van der Waals surface area contributed by atoms with Crippen molar-refractivity contribution in [1.29, 1.82) is 0 Å². The van der Waals surface area contributed by atoms with E-state index in [9.17, 15) is 26.4 Å². The van der Waals surface area contributed by atoms with Crippen molar-refractivity contribution in [1.82, 2.24) is 9.62 Å². The maximum Gasteiger partial charge on any atom is 0.251 e. The number of nitrogens with zero attached hydrogens (tertiary/aromatic N) is 1. The van der Waals surface area contributed by atoms with Crippen LogP contribution in [0.5, 0.6) is 0 Å². The average Bonchev–Trinajstić information content (AvgIpc) is 2.52. The molecular formula is C13H15F3N2O4S. The van der Waals surface area contributed by atoms with E-state index in [1.807, 2.05) is 0 Å². The summed E-state index contributed by atoms with van der Waals surface area (Å²) in [7, 11) is -3.55. The molecule has 1 aromatic carbocycles. The molecule has 2 rings (SSSR count). The van der Waals surface area contributed by atoms with Crippen LogP contribution >= 0.6 is 0 Å². The Bertz CT molecular complexity index is 667. The average molecular weight is 352 g/mol. The molecule has 1 heterocycles. The SMILES string of the molecule is O=C(NCCS(=O)(=O)N1CCOCC1)c1cc(F)c(F)c(F)c1. The molecule has 1 N–H and O–H groups in total. The second kappa shape index (κ2) is 7.28. The van der Waals surface area contributed by atoms with Crippen molar-refractivity contribution in [2.24, 2.45) is 0 Å². The summed E-state index contributed by atoms with van der Waals surface area (Å²) < 4.78 is 69.2. The van der Waals surface area contributed by atoms with Gasteiger partial charge in [0.05, 0.1) is 19.0 Å².